The second-order valence-electron chi connectivity index (χ2n) is 3.46. The van der Waals surface area contributed by atoms with Gasteiger partial charge < -0.3 is 15.7 Å². The number of carbonyl (C=O) groups excluding carboxylic acids is 1. The fourth-order valence-electron chi connectivity index (χ4n) is 1.11. The van der Waals surface area contributed by atoms with Crippen molar-refractivity contribution in [2.24, 2.45) is 0 Å². The number of phenolic OH excluding ortho intramolecular Hbond substituents is 1. The van der Waals surface area contributed by atoms with Crippen LogP contribution in [0.5, 0.6) is 5.75 Å². The van der Waals surface area contributed by atoms with Gasteiger partial charge in [0.15, 0.2) is 0 Å². The summed E-state index contributed by atoms with van der Waals surface area (Å²) in [5, 5.41) is 25.1. The summed E-state index contributed by atoms with van der Waals surface area (Å²) < 4.78 is 0. The van der Waals surface area contributed by atoms with Gasteiger partial charge >= 0.3 is 0 Å². The zero-order valence-electron chi connectivity index (χ0n) is 9.43. The van der Waals surface area contributed by atoms with Gasteiger partial charge in [-0.1, -0.05) is 0 Å². The van der Waals surface area contributed by atoms with Gasteiger partial charge in [-0.15, -0.1) is 0 Å². The van der Waals surface area contributed by atoms with Crippen molar-refractivity contribution in [3.05, 3.63) is 28.3 Å². The standard InChI is InChI=1S/C10H13N3O4/c1-6(11-2)10(15)12-8-4-3-7(13(16)17)5-9(8)14/h3-6,11,14H,1-2H3,(H,12,15). The van der Waals surface area contributed by atoms with Crippen molar-refractivity contribution >= 4 is 17.3 Å². The number of phenols is 1. The molecule has 0 saturated carbocycles. The van der Waals surface area contributed by atoms with Crippen molar-refractivity contribution in [2.75, 3.05) is 12.4 Å². The van der Waals surface area contributed by atoms with E-state index in [4.69, 9.17) is 0 Å². The molecular weight excluding hydrogens is 226 g/mol. The molecule has 17 heavy (non-hydrogen) atoms. The van der Waals surface area contributed by atoms with Crippen LogP contribution in [-0.4, -0.2) is 29.0 Å². The Kier molecular flexibility index (Phi) is 4.00. The highest BCUT2D eigenvalue weighted by molar-refractivity contribution is 5.95. The van der Waals surface area contributed by atoms with Crippen LogP contribution in [0.2, 0.25) is 0 Å². The molecule has 1 aromatic carbocycles. The van der Waals surface area contributed by atoms with Gasteiger partial charge in [-0.2, -0.15) is 0 Å². The van der Waals surface area contributed by atoms with Crippen LogP contribution >= 0.6 is 0 Å². The molecule has 0 aromatic heterocycles. The molecular formula is C10H13N3O4. The molecule has 0 aliphatic carbocycles. The highest BCUT2D eigenvalue weighted by Crippen LogP contribution is 2.27. The van der Waals surface area contributed by atoms with E-state index in [-0.39, 0.29) is 23.0 Å². The molecule has 0 saturated heterocycles. The maximum Gasteiger partial charge on any atom is 0.273 e. The first-order chi connectivity index (χ1) is 7.95. The van der Waals surface area contributed by atoms with E-state index in [1.807, 2.05) is 0 Å². The zero-order valence-corrected chi connectivity index (χ0v) is 9.43. The molecule has 7 nitrogen and oxygen atoms in total. The Labute approximate surface area is 97.6 Å². The quantitative estimate of drug-likeness (QED) is 0.410. The van der Waals surface area contributed by atoms with Crippen molar-refractivity contribution in [1.29, 1.82) is 0 Å². The number of hydrogen-bond acceptors (Lipinski definition) is 5. The Balaban J connectivity index is 2.86. The van der Waals surface area contributed by atoms with E-state index >= 15 is 0 Å². The van der Waals surface area contributed by atoms with Gasteiger partial charge in [0, 0.05) is 6.07 Å². The van der Waals surface area contributed by atoms with E-state index in [2.05, 4.69) is 10.6 Å². The number of anilines is 1. The number of nitrogens with zero attached hydrogens (tertiary/aromatic N) is 1. The number of benzene rings is 1. The molecule has 0 bridgehead atoms. The lowest BCUT2D eigenvalue weighted by Crippen LogP contribution is -2.35. The van der Waals surface area contributed by atoms with Gasteiger partial charge in [0.2, 0.25) is 5.91 Å². The Hall–Kier alpha value is -2.15. The van der Waals surface area contributed by atoms with Crippen molar-refractivity contribution in [2.45, 2.75) is 13.0 Å². The predicted octanol–water partition coefficient (Wildman–Crippen LogP) is 0.847. The second kappa shape index (κ2) is 5.26. The fraction of sp³-hybridized carbons (Fsp3) is 0.300. The number of rotatable bonds is 4. The summed E-state index contributed by atoms with van der Waals surface area (Å²) in [6.45, 7) is 1.65. The van der Waals surface area contributed by atoms with Crippen LogP contribution in [0.15, 0.2) is 18.2 Å². The highest BCUT2D eigenvalue weighted by atomic mass is 16.6. The molecule has 1 amide bonds. The van der Waals surface area contributed by atoms with Crippen molar-refractivity contribution in [1.82, 2.24) is 5.32 Å². The summed E-state index contributed by atoms with van der Waals surface area (Å²) in [5.41, 5.74) is -0.0927. The minimum Gasteiger partial charge on any atom is -0.506 e. The van der Waals surface area contributed by atoms with E-state index in [0.717, 1.165) is 6.07 Å². The summed E-state index contributed by atoms with van der Waals surface area (Å²) >= 11 is 0. The monoisotopic (exact) mass is 239 g/mol. The van der Waals surface area contributed by atoms with Crippen LogP contribution in [0, 0.1) is 10.1 Å². The molecule has 1 aromatic rings. The lowest BCUT2D eigenvalue weighted by molar-refractivity contribution is -0.384. The number of nitrogens with one attached hydrogen (secondary N) is 2. The Morgan fingerprint density at radius 1 is 1.53 bits per heavy atom. The number of amides is 1. The average Bonchev–Trinajstić information content (AvgIpc) is 2.30. The average molecular weight is 239 g/mol. The van der Waals surface area contributed by atoms with Crippen molar-refractivity contribution in [3.63, 3.8) is 0 Å². The third-order valence-electron chi connectivity index (χ3n) is 2.28. The van der Waals surface area contributed by atoms with Crippen LogP contribution in [0.3, 0.4) is 0 Å². The largest absolute Gasteiger partial charge is 0.506 e. The van der Waals surface area contributed by atoms with Gasteiger partial charge in [0.05, 0.1) is 22.7 Å². The molecule has 0 heterocycles. The van der Waals surface area contributed by atoms with Crippen molar-refractivity contribution < 1.29 is 14.8 Å². The number of likely N-dealkylation sites (N-methyl/N-ethyl adjacent to an activating group) is 1. The van der Waals surface area contributed by atoms with E-state index in [1.165, 1.54) is 12.1 Å². The first-order valence-corrected chi connectivity index (χ1v) is 4.91. The summed E-state index contributed by atoms with van der Waals surface area (Å²) in [4.78, 5) is 21.3. The SMILES string of the molecule is CNC(C)C(=O)Nc1ccc([N+](=O)[O-])cc1O. The molecule has 0 aliphatic heterocycles. The molecule has 92 valence electrons. The molecule has 1 atom stereocenters. The summed E-state index contributed by atoms with van der Waals surface area (Å²) in [6.07, 6.45) is 0. The lowest BCUT2D eigenvalue weighted by Gasteiger charge is -2.11. The number of nitro groups is 1. The van der Waals surface area contributed by atoms with E-state index in [9.17, 15) is 20.0 Å². The number of carbonyl (C=O) groups is 1. The van der Waals surface area contributed by atoms with Crippen molar-refractivity contribution in [3.8, 4) is 5.75 Å². The number of aromatic hydroxyl groups is 1. The minimum atomic E-state index is -0.623. The number of non-ortho nitro benzene ring substituents is 1. The smallest absolute Gasteiger partial charge is 0.273 e. The zero-order chi connectivity index (χ0) is 13.0. The minimum absolute atomic E-state index is 0.141. The summed E-state index contributed by atoms with van der Waals surface area (Å²) in [6, 6.07) is 3.05. The first-order valence-electron chi connectivity index (χ1n) is 4.91. The third kappa shape index (κ3) is 3.15. The molecule has 0 spiro atoms. The van der Waals surface area contributed by atoms with E-state index in [0.29, 0.717) is 0 Å². The maximum absolute atomic E-state index is 11.5. The summed E-state index contributed by atoms with van der Waals surface area (Å²) in [7, 11) is 1.62. The predicted molar refractivity (Wildman–Crippen MR) is 61.9 cm³/mol. The Morgan fingerprint density at radius 2 is 2.18 bits per heavy atom. The van der Waals surface area contributed by atoms with Gasteiger partial charge in [-0.05, 0) is 20.0 Å². The number of nitro benzene ring substituents is 1. The van der Waals surface area contributed by atoms with E-state index < -0.39 is 11.0 Å². The molecule has 0 fully saturated rings. The van der Waals surface area contributed by atoms with Gasteiger partial charge in [0.25, 0.3) is 5.69 Å². The molecule has 7 heteroatoms. The van der Waals surface area contributed by atoms with Crippen LogP contribution in [0.25, 0.3) is 0 Å². The topological polar surface area (TPSA) is 104 Å². The molecule has 1 rings (SSSR count). The second-order valence-corrected chi connectivity index (χ2v) is 3.46. The van der Waals surface area contributed by atoms with Crippen LogP contribution in [0.4, 0.5) is 11.4 Å². The first kappa shape index (κ1) is 12.9. The van der Waals surface area contributed by atoms with Crippen LogP contribution in [-0.2, 0) is 4.79 Å². The van der Waals surface area contributed by atoms with Gasteiger partial charge in [-0.3, -0.25) is 14.9 Å². The fourth-order valence-corrected chi connectivity index (χ4v) is 1.11. The third-order valence-corrected chi connectivity index (χ3v) is 2.28. The Bertz CT molecular complexity index is 447. The normalized spacial score (nSPS) is 11.9. The molecule has 0 radical (unpaired) electrons. The van der Waals surface area contributed by atoms with Crippen LogP contribution in [0.1, 0.15) is 6.92 Å². The molecule has 0 aliphatic rings. The Morgan fingerprint density at radius 3 is 2.65 bits per heavy atom. The van der Waals surface area contributed by atoms with Gasteiger partial charge in [-0.25, -0.2) is 0 Å². The summed E-state index contributed by atoms with van der Waals surface area (Å²) in [5.74, 6) is -0.674. The number of hydrogen-bond donors (Lipinski definition) is 3. The van der Waals surface area contributed by atoms with Gasteiger partial charge in [0.1, 0.15) is 5.75 Å². The van der Waals surface area contributed by atoms with Crippen LogP contribution < -0.4 is 10.6 Å². The molecule has 1 unspecified atom stereocenters. The lowest BCUT2D eigenvalue weighted by atomic mass is 10.2. The van der Waals surface area contributed by atoms with E-state index in [1.54, 1.807) is 14.0 Å². The maximum atomic E-state index is 11.5. The highest BCUT2D eigenvalue weighted by Gasteiger charge is 2.14. The molecule has 3 N–H and O–H groups in total.